The van der Waals surface area contributed by atoms with E-state index in [0.717, 1.165) is 18.5 Å². The minimum absolute atomic E-state index is 0.0611. The van der Waals surface area contributed by atoms with Gasteiger partial charge < -0.3 is 10.3 Å². The maximum Gasteiger partial charge on any atom is 0.255 e. The van der Waals surface area contributed by atoms with Crippen molar-refractivity contribution in [3.63, 3.8) is 0 Å². The van der Waals surface area contributed by atoms with E-state index in [1.54, 1.807) is 10.6 Å². The van der Waals surface area contributed by atoms with Gasteiger partial charge in [0.1, 0.15) is 0 Å². The molecule has 2 rings (SSSR count). The van der Waals surface area contributed by atoms with Crippen LogP contribution in [0.2, 0.25) is 0 Å². The zero-order valence-electron chi connectivity index (χ0n) is 12.6. The van der Waals surface area contributed by atoms with E-state index in [1.807, 2.05) is 13.0 Å². The number of rotatable bonds is 4. The molecule has 0 spiro atoms. The zero-order chi connectivity index (χ0) is 15.6. The fourth-order valence-electron chi connectivity index (χ4n) is 2.83. The Bertz CT molecular complexity index is 667. The molecule has 1 atom stereocenters. The molecule has 1 aromatic heterocycles. The molecule has 1 fully saturated rings. The summed E-state index contributed by atoms with van der Waals surface area (Å²) in [6, 6.07) is 3.65. The first-order chi connectivity index (χ1) is 9.82. The maximum atomic E-state index is 12.3. The van der Waals surface area contributed by atoms with Gasteiger partial charge in [-0.2, -0.15) is 0 Å². The number of aryl methyl sites for hydroxylation is 1. The Morgan fingerprint density at radius 2 is 2.10 bits per heavy atom. The lowest BCUT2D eigenvalue weighted by Gasteiger charge is -2.31. The molecule has 6 nitrogen and oxygen atoms in total. The summed E-state index contributed by atoms with van der Waals surface area (Å²) in [5.41, 5.74) is 7.00. The van der Waals surface area contributed by atoms with Crippen LogP contribution >= 0.6 is 0 Å². The summed E-state index contributed by atoms with van der Waals surface area (Å²) in [6.45, 7) is 3.71. The van der Waals surface area contributed by atoms with Crippen LogP contribution in [0.5, 0.6) is 0 Å². The van der Waals surface area contributed by atoms with Gasteiger partial charge in [-0.05, 0) is 31.7 Å². The third kappa shape index (κ3) is 3.72. The monoisotopic (exact) mass is 313 g/mol. The molecule has 0 bridgehead atoms. The molecule has 7 heteroatoms. The third-order valence-corrected chi connectivity index (χ3v) is 5.35. The molecule has 118 valence electrons. The number of hydrogen-bond acceptors (Lipinski definition) is 4. The molecule has 1 aliphatic rings. The van der Waals surface area contributed by atoms with Crippen LogP contribution < -0.4 is 11.3 Å². The van der Waals surface area contributed by atoms with Gasteiger partial charge in [0, 0.05) is 37.4 Å². The number of nitrogens with two attached hydrogens (primary N) is 1. The van der Waals surface area contributed by atoms with Gasteiger partial charge in [0.15, 0.2) is 0 Å². The molecule has 1 unspecified atom stereocenters. The van der Waals surface area contributed by atoms with Gasteiger partial charge in [-0.25, -0.2) is 12.7 Å². The van der Waals surface area contributed by atoms with Crippen molar-refractivity contribution >= 4 is 10.0 Å². The number of aromatic nitrogens is 1. The minimum Gasteiger partial charge on any atom is -0.326 e. The van der Waals surface area contributed by atoms with Crippen molar-refractivity contribution in [1.29, 1.82) is 0 Å². The van der Waals surface area contributed by atoms with Gasteiger partial charge in [-0.1, -0.05) is 6.07 Å². The van der Waals surface area contributed by atoms with E-state index in [9.17, 15) is 13.2 Å². The molecule has 0 amide bonds. The van der Waals surface area contributed by atoms with Gasteiger partial charge in [-0.3, -0.25) is 4.79 Å². The predicted molar refractivity (Wildman–Crippen MR) is 82.5 cm³/mol. The standard InChI is InChI=1S/C14H23N3O3S/c1-11-5-6-13(8-15)14(18)17(11)10-12-4-3-7-16(9-12)21(2,19)20/h5-6,12H,3-4,7-10,15H2,1-2H3. The second kappa shape index (κ2) is 6.29. The summed E-state index contributed by atoms with van der Waals surface area (Å²) in [5, 5.41) is 0. The fraction of sp³-hybridized carbons (Fsp3) is 0.643. The number of sulfonamides is 1. The van der Waals surface area contributed by atoms with Crippen molar-refractivity contribution in [2.24, 2.45) is 11.7 Å². The van der Waals surface area contributed by atoms with Gasteiger partial charge in [0.05, 0.1) is 6.26 Å². The normalized spacial score (nSPS) is 20.6. The van der Waals surface area contributed by atoms with Gasteiger partial charge in [0.25, 0.3) is 5.56 Å². The van der Waals surface area contributed by atoms with Gasteiger partial charge in [-0.15, -0.1) is 0 Å². The van der Waals surface area contributed by atoms with Crippen LogP contribution in [0.1, 0.15) is 24.1 Å². The molecule has 21 heavy (non-hydrogen) atoms. The second-order valence-electron chi connectivity index (χ2n) is 5.75. The first kappa shape index (κ1) is 16.2. The van der Waals surface area contributed by atoms with Crippen LogP contribution in [0, 0.1) is 12.8 Å². The van der Waals surface area contributed by atoms with E-state index < -0.39 is 10.0 Å². The Morgan fingerprint density at radius 3 is 2.71 bits per heavy atom. The summed E-state index contributed by atoms with van der Waals surface area (Å²) in [5.74, 6) is 0.165. The highest BCUT2D eigenvalue weighted by molar-refractivity contribution is 7.88. The topological polar surface area (TPSA) is 85.4 Å². The highest BCUT2D eigenvalue weighted by Crippen LogP contribution is 2.20. The molecular formula is C14H23N3O3S. The predicted octanol–water partition coefficient (Wildman–Crippen LogP) is 0.287. The van der Waals surface area contributed by atoms with Crippen molar-refractivity contribution in [2.45, 2.75) is 32.9 Å². The van der Waals surface area contributed by atoms with E-state index in [0.29, 0.717) is 25.2 Å². The van der Waals surface area contributed by atoms with Crippen molar-refractivity contribution in [2.75, 3.05) is 19.3 Å². The maximum absolute atomic E-state index is 12.3. The molecule has 2 N–H and O–H groups in total. The van der Waals surface area contributed by atoms with Gasteiger partial charge in [0.2, 0.25) is 10.0 Å². The number of hydrogen-bond donors (Lipinski definition) is 1. The summed E-state index contributed by atoms with van der Waals surface area (Å²) in [7, 11) is -3.16. The van der Waals surface area contributed by atoms with Crippen LogP contribution in [0.3, 0.4) is 0 Å². The lowest BCUT2D eigenvalue weighted by atomic mass is 9.99. The molecule has 0 aromatic carbocycles. The first-order valence-corrected chi connectivity index (χ1v) is 9.02. The molecule has 1 aliphatic heterocycles. The second-order valence-corrected chi connectivity index (χ2v) is 7.73. The van der Waals surface area contributed by atoms with Crippen molar-refractivity contribution < 1.29 is 8.42 Å². The van der Waals surface area contributed by atoms with Crippen LogP contribution in [0.15, 0.2) is 16.9 Å². The van der Waals surface area contributed by atoms with E-state index >= 15 is 0 Å². The molecule has 0 saturated carbocycles. The third-order valence-electron chi connectivity index (χ3n) is 4.08. The Morgan fingerprint density at radius 1 is 1.38 bits per heavy atom. The van der Waals surface area contributed by atoms with E-state index in [4.69, 9.17) is 5.73 Å². The molecule has 1 aromatic rings. The Labute approximate surface area is 125 Å². The average Bonchev–Trinajstić information content (AvgIpc) is 2.43. The largest absolute Gasteiger partial charge is 0.326 e. The van der Waals surface area contributed by atoms with Crippen molar-refractivity contribution in [3.05, 3.63) is 33.7 Å². The quantitative estimate of drug-likeness (QED) is 0.865. The fourth-order valence-corrected chi connectivity index (χ4v) is 3.78. The molecule has 0 aliphatic carbocycles. The lowest BCUT2D eigenvalue weighted by Crippen LogP contribution is -2.41. The summed E-state index contributed by atoms with van der Waals surface area (Å²) >= 11 is 0. The molecule has 1 saturated heterocycles. The average molecular weight is 313 g/mol. The lowest BCUT2D eigenvalue weighted by molar-refractivity contribution is 0.243. The van der Waals surface area contributed by atoms with E-state index in [1.165, 1.54) is 10.6 Å². The van der Waals surface area contributed by atoms with Crippen molar-refractivity contribution in [3.8, 4) is 0 Å². The van der Waals surface area contributed by atoms with Crippen LogP contribution in [0.4, 0.5) is 0 Å². The van der Waals surface area contributed by atoms with E-state index in [2.05, 4.69) is 0 Å². The first-order valence-electron chi connectivity index (χ1n) is 7.17. The molecule has 2 heterocycles. The number of pyridine rings is 1. The summed E-state index contributed by atoms with van der Waals surface area (Å²) in [4.78, 5) is 12.3. The number of nitrogens with zero attached hydrogens (tertiary/aromatic N) is 2. The Hall–Kier alpha value is -1.18. The Kier molecular flexibility index (Phi) is 4.85. The van der Waals surface area contributed by atoms with Gasteiger partial charge >= 0.3 is 0 Å². The van der Waals surface area contributed by atoms with Crippen LogP contribution in [0.25, 0.3) is 0 Å². The van der Waals surface area contributed by atoms with Crippen LogP contribution in [-0.2, 0) is 23.1 Å². The van der Waals surface area contributed by atoms with Crippen LogP contribution in [-0.4, -0.2) is 36.6 Å². The Balaban J connectivity index is 2.21. The smallest absolute Gasteiger partial charge is 0.255 e. The zero-order valence-corrected chi connectivity index (χ0v) is 13.4. The minimum atomic E-state index is -3.16. The highest BCUT2D eigenvalue weighted by atomic mass is 32.2. The van der Waals surface area contributed by atoms with E-state index in [-0.39, 0.29) is 18.0 Å². The highest BCUT2D eigenvalue weighted by Gasteiger charge is 2.26. The molecule has 0 radical (unpaired) electrons. The summed E-state index contributed by atoms with van der Waals surface area (Å²) < 4.78 is 26.5. The van der Waals surface area contributed by atoms with Crippen molar-refractivity contribution in [1.82, 2.24) is 8.87 Å². The number of piperidine rings is 1. The SMILES string of the molecule is Cc1ccc(CN)c(=O)n1CC1CCCN(S(C)(=O)=O)C1. The summed E-state index contributed by atoms with van der Waals surface area (Å²) in [6.07, 6.45) is 3.01. The molecular weight excluding hydrogens is 290 g/mol.